The van der Waals surface area contributed by atoms with Gasteiger partial charge >= 0.3 is 0 Å². The zero-order chi connectivity index (χ0) is 15.3. The topological polar surface area (TPSA) is 92.6 Å². The molecule has 0 atom stereocenters. The van der Waals surface area contributed by atoms with E-state index in [1.54, 1.807) is 6.92 Å². The minimum Gasteiger partial charge on any atom is -0.358 e. The van der Waals surface area contributed by atoms with Gasteiger partial charge in [0.05, 0.1) is 17.0 Å². The maximum Gasteiger partial charge on any atom is 0.288 e. The number of amides is 2. The molecule has 8 heteroatoms. The summed E-state index contributed by atoms with van der Waals surface area (Å²) in [5, 5.41) is 13.0. The van der Waals surface area contributed by atoms with Gasteiger partial charge in [-0.3, -0.25) is 19.7 Å². The highest BCUT2D eigenvalue weighted by Crippen LogP contribution is 2.28. The molecule has 0 saturated carbocycles. The lowest BCUT2D eigenvalue weighted by Gasteiger charge is -2.20. The second-order valence-electron chi connectivity index (χ2n) is 3.89. The van der Waals surface area contributed by atoms with Gasteiger partial charge in [-0.15, -0.1) is 0 Å². The van der Waals surface area contributed by atoms with E-state index in [0.29, 0.717) is 0 Å². The lowest BCUT2D eigenvalue weighted by molar-refractivity contribution is -0.384. The fraction of sp³-hybridized carbons (Fsp3) is 0.333. The Morgan fingerprint density at radius 1 is 1.45 bits per heavy atom. The maximum atomic E-state index is 12.3. The molecule has 0 spiro atoms. The highest BCUT2D eigenvalue weighted by molar-refractivity contribution is 6.35. The fourth-order valence-electron chi connectivity index (χ4n) is 1.58. The van der Waals surface area contributed by atoms with Crippen molar-refractivity contribution in [2.45, 2.75) is 6.92 Å². The average molecular weight is 300 g/mol. The van der Waals surface area contributed by atoms with Crippen LogP contribution in [-0.4, -0.2) is 41.8 Å². The van der Waals surface area contributed by atoms with Crippen molar-refractivity contribution in [1.29, 1.82) is 0 Å². The van der Waals surface area contributed by atoms with Crippen LogP contribution in [0.4, 0.5) is 5.69 Å². The molecule has 20 heavy (non-hydrogen) atoms. The first-order chi connectivity index (χ1) is 9.42. The smallest absolute Gasteiger partial charge is 0.288 e. The van der Waals surface area contributed by atoms with Crippen LogP contribution >= 0.6 is 11.6 Å². The van der Waals surface area contributed by atoms with Crippen LogP contribution in [0.2, 0.25) is 5.02 Å². The Morgan fingerprint density at radius 3 is 2.60 bits per heavy atom. The van der Waals surface area contributed by atoms with E-state index < -0.39 is 10.8 Å². The Kier molecular flexibility index (Phi) is 5.45. The number of carbonyl (C=O) groups is 2. The predicted molar refractivity (Wildman–Crippen MR) is 73.8 cm³/mol. The standard InChI is InChI=1S/C12H14ClN3O4/c1-3-15(7-10(17)14-2)12(18)8-5-4-6-9(11(8)13)16(19)20/h4-6H,3,7H2,1-2H3,(H,14,17). The van der Waals surface area contributed by atoms with Crippen LogP contribution in [0.15, 0.2) is 18.2 Å². The maximum absolute atomic E-state index is 12.3. The van der Waals surface area contributed by atoms with Gasteiger partial charge in [-0.25, -0.2) is 0 Å². The first-order valence-electron chi connectivity index (χ1n) is 5.85. The molecule has 0 aliphatic rings. The third-order valence-electron chi connectivity index (χ3n) is 2.69. The molecule has 1 aromatic rings. The van der Waals surface area contributed by atoms with Crippen molar-refractivity contribution in [3.05, 3.63) is 38.9 Å². The summed E-state index contributed by atoms with van der Waals surface area (Å²) >= 11 is 5.88. The molecule has 0 fully saturated rings. The van der Waals surface area contributed by atoms with E-state index >= 15 is 0 Å². The number of hydrogen-bond acceptors (Lipinski definition) is 4. The van der Waals surface area contributed by atoms with E-state index in [0.717, 1.165) is 0 Å². The van der Waals surface area contributed by atoms with Crippen molar-refractivity contribution >= 4 is 29.1 Å². The molecule has 1 N–H and O–H groups in total. The van der Waals surface area contributed by atoms with Crippen molar-refractivity contribution in [2.75, 3.05) is 20.1 Å². The third-order valence-corrected chi connectivity index (χ3v) is 3.08. The Morgan fingerprint density at radius 2 is 2.10 bits per heavy atom. The first-order valence-corrected chi connectivity index (χ1v) is 6.22. The Bertz CT molecular complexity index is 548. The number of nitro benzene ring substituents is 1. The van der Waals surface area contributed by atoms with Crippen molar-refractivity contribution in [2.24, 2.45) is 0 Å². The molecular weight excluding hydrogens is 286 g/mol. The molecule has 0 heterocycles. The predicted octanol–water partition coefficient (Wildman–Crippen LogP) is 1.46. The molecule has 108 valence electrons. The van der Waals surface area contributed by atoms with Gasteiger partial charge in [-0.1, -0.05) is 17.7 Å². The number of hydrogen-bond donors (Lipinski definition) is 1. The average Bonchev–Trinajstić information content (AvgIpc) is 2.43. The molecule has 0 aliphatic heterocycles. The molecule has 0 aromatic heterocycles. The minimum absolute atomic E-state index is 0.00613. The highest BCUT2D eigenvalue weighted by atomic mass is 35.5. The summed E-state index contributed by atoms with van der Waals surface area (Å²) in [4.78, 5) is 35.0. The number of nitro groups is 1. The summed E-state index contributed by atoms with van der Waals surface area (Å²) in [5.74, 6) is -0.855. The van der Waals surface area contributed by atoms with Crippen LogP contribution in [0.3, 0.4) is 0 Å². The van der Waals surface area contributed by atoms with Crippen molar-refractivity contribution in [1.82, 2.24) is 10.2 Å². The molecule has 1 aromatic carbocycles. The Labute approximate surface area is 120 Å². The van der Waals surface area contributed by atoms with Gasteiger partial charge in [-0.2, -0.15) is 0 Å². The molecule has 2 amide bonds. The second-order valence-corrected chi connectivity index (χ2v) is 4.27. The molecule has 1 rings (SSSR count). The number of nitrogens with one attached hydrogen (secondary N) is 1. The number of carbonyl (C=O) groups excluding carboxylic acids is 2. The van der Waals surface area contributed by atoms with E-state index in [9.17, 15) is 19.7 Å². The molecule has 0 saturated heterocycles. The SMILES string of the molecule is CCN(CC(=O)NC)C(=O)c1cccc([N+](=O)[O-])c1Cl. The van der Waals surface area contributed by atoms with Crippen molar-refractivity contribution in [3.63, 3.8) is 0 Å². The number of rotatable bonds is 5. The van der Waals surface area contributed by atoms with E-state index in [-0.39, 0.29) is 35.3 Å². The largest absolute Gasteiger partial charge is 0.358 e. The Balaban J connectivity index is 3.10. The van der Waals surface area contributed by atoms with Crippen molar-refractivity contribution in [3.8, 4) is 0 Å². The van der Waals surface area contributed by atoms with Crippen LogP contribution < -0.4 is 5.32 Å². The highest BCUT2D eigenvalue weighted by Gasteiger charge is 2.24. The summed E-state index contributed by atoms with van der Waals surface area (Å²) < 4.78 is 0. The molecule has 7 nitrogen and oxygen atoms in total. The summed E-state index contributed by atoms with van der Waals surface area (Å²) in [5.41, 5.74) is -0.333. The number of halogens is 1. The van der Waals surface area contributed by atoms with Gasteiger partial charge in [0.1, 0.15) is 5.02 Å². The lowest BCUT2D eigenvalue weighted by Crippen LogP contribution is -2.39. The fourth-order valence-corrected chi connectivity index (χ4v) is 1.85. The molecule has 0 unspecified atom stereocenters. The van der Waals surface area contributed by atoms with Gasteiger partial charge in [0.2, 0.25) is 5.91 Å². The number of likely N-dealkylation sites (N-methyl/N-ethyl adjacent to an activating group) is 2. The molecule has 0 radical (unpaired) electrons. The number of nitrogens with zero attached hydrogens (tertiary/aromatic N) is 2. The molecule has 0 aliphatic carbocycles. The third kappa shape index (κ3) is 3.45. The van der Waals surface area contributed by atoms with Gasteiger partial charge in [0.25, 0.3) is 11.6 Å². The minimum atomic E-state index is -0.659. The van der Waals surface area contributed by atoms with E-state index in [1.165, 1.54) is 30.1 Å². The van der Waals surface area contributed by atoms with Gasteiger partial charge in [0, 0.05) is 19.7 Å². The van der Waals surface area contributed by atoms with E-state index in [4.69, 9.17) is 11.6 Å². The quantitative estimate of drug-likeness (QED) is 0.658. The van der Waals surface area contributed by atoms with E-state index in [1.807, 2.05) is 0 Å². The van der Waals surface area contributed by atoms with Gasteiger partial charge in [-0.05, 0) is 13.0 Å². The van der Waals surface area contributed by atoms with E-state index in [2.05, 4.69) is 5.32 Å². The zero-order valence-electron chi connectivity index (χ0n) is 11.1. The van der Waals surface area contributed by atoms with Crippen LogP contribution in [-0.2, 0) is 4.79 Å². The zero-order valence-corrected chi connectivity index (χ0v) is 11.8. The normalized spacial score (nSPS) is 9.95. The van der Waals surface area contributed by atoms with Gasteiger partial charge in [0.15, 0.2) is 0 Å². The summed E-state index contributed by atoms with van der Waals surface area (Å²) in [6.45, 7) is 1.85. The monoisotopic (exact) mass is 299 g/mol. The van der Waals surface area contributed by atoms with Crippen molar-refractivity contribution < 1.29 is 14.5 Å². The second kappa shape index (κ2) is 6.85. The summed E-state index contributed by atoms with van der Waals surface area (Å²) in [7, 11) is 1.46. The van der Waals surface area contributed by atoms with Crippen LogP contribution in [0.5, 0.6) is 0 Å². The number of benzene rings is 1. The van der Waals surface area contributed by atoms with Gasteiger partial charge < -0.3 is 10.2 Å². The van der Waals surface area contributed by atoms with Crippen LogP contribution in [0, 0.1) is 10.1 Å². The summed E-state index contributed by atoms with van der Waals surface area (Å²) in [6, 6.07) is 3.99. The Hall–Kier alpha value is -2.15. The molecule has 0 bridgehead atoms. The summed E-state index contributed by atoms with van der Waals surface area (Å²) in [6.07, 6.45) is 0. The first kappa shape index (κ1) is 15.9. The molecular formula is C12H14ClN3O4. The lowest BCUT2D eigenvalue weighted by atomic mass is 10.1. The van der Waals surface area contributed by atoms with Crippen LogP contribution in [0.1, 0.15) is 17.3 Å². The van der Waals surface area contributed by atoms with Crippen LogP contribution in [0.25, 0.3) is 0 Å².